The zero-order valence-corrected chi connectivity index (χ0v) is 14.3. The van der Waals surface area contributed by atoms with Gasteiger partial charge in [0.2, 0.25) is 0 Å². The van der Waals surface area contributed by atoms with E-state index in [0.717, 1.165) is 23.3 Å². The van der Waals surface area contributed by atoms with Crippen LogP contribution in [0.4, 0.5) is 13.2 Å². The molecule has 1 aliphatic rings. The second-order valence-electron chi connectivity index (χ2n) is 5.73. The summed E-state index contributed by atoms with van der Waals surface area (Å²) in [5.74, 6) is -0.984. The summed E-state index contributed by atoms with van der Waals surface area (Å²) in [6.07, 6.45) is -4.92. The number of sulfonamides is 1. The molecular weight excluding hydrogens is 385 g/mol. The molecular formula is C17H11F3N2O4S. The molecule has 140 valence electrons. The van der Waals surface area contributed by atoms with Crippen molar-refractivity contribution in [1.82, 2.24) is 4.72 Å². The summed E-state index contributed by atoms with van der Waals surface area (Å²) < 4.78 is 70.6. The van der Waals surface area contributed by atoms with E-state index in [0.29, 0.717) is 12.7 Å². The largest absolute Gasteiger partial charge is 0.417 e. The number of ether oxygens (including phenoxy) is 1. The number of nitrogens with zero attached hydrogens (tertiary/aromatic N) is 1. The molecule has 27 heavy (non-hydrogen) atoms. The van der Waals surface area contributed by atoms with Crippen LogP contribution in [0.3, 0.4) is 0 Å². The molecule has 6 nitrogen and oxygen atoms in total. The van der Waals surface area contributed by atoms with Gasteiger partial charge in [-0.15, -0.1) is 0 Å². The van der Waals surface area contributed by atoms with Crippen molar-refractivity contribution in [2.24, 2.45) is 0 Å². The van der Waals surface area contributed by atoms with Crippen LogP contribution in [0.2, 0.25) is 0 Å². The highest BCUT2D eigenvalue weighted by Crippen LogP contribution is 2.33. The standard InChI is InChI=1S/C17H11F3N2O4S/c18-17(19,20)15-6-14(4-3-11(15)7-21)27(24,25)22-16(23)10-1-2-12-8-26-9-13(12)5-10/h1-6H,8-9H2,(H,22,23). The van der Waals surface area contributed by atoms with E-state index in [1.54, 1.807) is 10.8 Å². The lowest BCUT2D eigenvalue weighted by Crippen LogP contribution is -2.31. The molecule has 0 saturated carbocycles. The first-order chi connectivity index (χ1) is 12.6. The number of carbonyl (C=O) groups excluding carboxylic acids is 1. The van der Waals surface area contributed by atoms with Crippen LogP contribution < -0.4 is 4.72 Å². The lowest BCUT2D eigenvalue weighted by atomic mass is 10.1. The fraction of sp³-hybridized carbons (Fsp3) is 0.176. The molecule has 0 fully saturated rings. The summed E-state index contributed by atoms with van der Waals surface area (Å²) in [4.78, 5) is 11.5. The molecule has 1 amide bonds. The van der Waals surface area contributed by atoms with E-state index >= 15 is 0 Å². The zero-order chi connectivity index (χ0) is 19.8. The molecule has 0 saturated heterocycles. The second kappa shape index (κ2) is 6.68. The van der Waals surface area contributed by atoms with Crippen LogP contribution in [-0.4, -0.2) is 14.3 Å². The van der Waals surface area contributed by atoms with E-state index in [2.05, 4.69) is 0 Å². The average molecular weight is 396 g/mol. The number of amides is 1. The highest BCUT2D eigenvalue weighted by Gasteiger charge is 2.35. The number of rotatable bonds is 3. The highest BCUT2D eigenvalue weighted by atomic mass is 32.2. The van der Waals surface area contributed by atoms with Gasteiger partial charge in [-0.2, -0.15) is 18.4 Å². The lowest BCUT2D eigenvalue weighted by Gasteiger charge is -2.12. The summed E-state index contributed by atoms with van der Waals surface area (Å²) in [6, 6.07) is 7.74. The Hall–Kier alpha value is -2.90. The van der Waals surface area contributed by atoms with Gasteiger partial charge in [0, 0.05) is 5.56 Å². The molecule has 0 aliphatic carbocycles. The Morgan fingerprint density at radius 3 is 2.48 bits per heavy atom. The minimum absolute atomic E-state index is 0.0347. The van der Waals surface area contributed by atoms with Crippen LogP contribution >= 0.6 is 0 Å². The Labute approximate surface area is 152 Å². The fourth-order valence-electron chi connectivity index (χ4n) is 2.58. The smallest absolute Gasteiger partial charge is 0.372 e. The lowest BCUT2D eigenvalue weighted by molar-refractivity contribution is -0.137. The summed E-state index contributed by atoms with van der Waals surface area (Å²) in [5, 5.41) is 8.77. The molecule has 0 atom stereocenters. The number of nitrogens with one attached hydrogen (secondary N) is 1. The molecule has 1 N–H and O–H groups in total. The van der Waals surface area contributed by atoms with Gasteiger partial charge in [-0.05, 0) is 41.5 Å². The molecule has 0 bridgehead atoms. The van der Waals surface area contributed by atoms with E-state index in [1.165, 1.54) is 18.2 Å². The van der Waals surface area contributed by atoms with Gasteiger partial charge < -0.3 is 4.74 Å². The monoisotopic (exact) mass is 396 g/mol. The number of benzene rings is 2. The van der Waals surface area contributed by atoms with Gasteiger partial charge in [0.1, 0.15) is 0 Å². The van der Waals surface area contributed by atoms with Gasteiger partial charge >= 0.3 is 6.18 Å². The fourth-order valence-corrected chi connectivity index (χ4v) is 3.58. The molecule has 2 aromatic carbocycles. The first-order valence-electron chi connectivity index (χ1n) is 7.50. The van der Waals surface area contributed by atoms with Crippen LogP contribution in [-0.2, 0) is 34.2 Å². The quantitative estimate of drug-likeness (QED) is 0.861. The van der Waals surface area contributed by atoms with Crippen LogP contribution in [0.5, 0.6) is 0 Å². The number of hydrogen-bond acceptors (Lipinski definition) is 5. The van der Waals surface area contributed by atoms with Gasteiger partial charge in [0.25, 0.3) is 15.9 Å². The first-order valence-corrected chi connectivity index (χ1v) is 8.98. The van der Waals surface area contributed by atoms with E-state index < -0.39 is 38.1 Å². The predicted octanol–water partition coefficient (Wildman–Crippen LogP) is 2.73. The SMILES string of the molecule is N#Cc1ccc(S(=O)(=O)NC(=O)c2ccc3c(c2)COC3)cc1C(F)(F)F. The number of fused-ring (bicyclic) bond motifs is 1. The van der Waals surface area contributed by atoms with Crippen molar-refractivity contribution < 1.29 is 31.1 Å². The molecule has 3 rings (SSSR count). The van der Waals surface area contributed by atoms with E-state index in [9.17, 15) is 26.4 Å². The Morgan fingerprint density at radius 1 is 1.11 bits per heavy atom. The molecule has 0 aromatic heterocycles. The second-order valence-corrected chi connectivity index (χ2v) is 7.41. The van der Waals surface area contributed by atoms with Crippen molar-refractivity contribution >= 4 is 15.9 Å². The number of hydrogen-bond donors (Lipinski definition) is 1. The van der Waals surface area contributed by atoms with Crippen LogP contribution in [0.1, 0.15) is 32.6 Å². The molecule has 0 spiro atoms. The van der Waals surface area contributed by atoms with Crippen molar-refractivity contribution in [1.29, 1.82) is 5.26 Å². The minimum atomic E-state index is -4.92. The highest BCUT2D eigenvalue weighted by molar-refractivity contribution is 7.90. The summed E-state index contributed by atoms with van der Waals surface area (Å²) in [6.45, 7) is 0.675. The van der Waals surface area contributed by atoms with Crippen molar-refractivity contribution in [3.8, 4) is 6.07 Å². The third kappa shape index (κ3) is 3.79. The summed E-state index contributed by atoms with van der Waals surface area (Å²) in [5.41, 5.74) is -0.469. The van der Waals surface area contributed by atoms with Crippen LogP contribution in [0.25, 0.3) is 0 Å². The number of nitriles is 1. The third-order valence-corrected chi connectivity index (χ3v) is 5.27. The maximum Gasteiger partial charge on any atom is 0.417 e. The van der Waals surface area contributed by atoms with Gasteiger partial charge in [-0.1, -0.05) is 6.07 Å². The van der Waals surface area contributed by atoms with Gasteiger partial charge in [-0.3, -0.25) is 4.79 Å². The average Bonchev–Trinajstić information content (AvgIpc) is 3.07. The Morgan fingerprint density at radius 2 is 1.81 bits per heavy atom. The molecule has 2 aromatic rings. The Bertz CT molecular complexity index is 1070. The maximum absolute atomic E-state index is 13.0. The molecule has 1 aliphatic heterocycles. The van der Waals surface area contributed by atoms with Gasteiger partial charge in [0.05, 0.1) is 35.3 Å². The number of alkyl halides is 3. The van der Waals surface area contributed by atoms with Gasteiger partial charge in [-0.25, -0.2) is 13.1 Å². The summed E-state index contributed by atoms with van der Waals surface area (Å²) >= 11 is 0. The van der Waals surface area contributed by atoms with Crippen molar-refractivity contribution in [3.05, 3.63) is 64.2 Å². The van der Waals surface area contributed by atoms with Crippen molar-refractivity contribution in [2.45, 2.75) is 24.3 Å². The maximum atomic E-state index is 13.0. The van der Waals surface area contributed by atoms with Crippen molar-refractivity contribution in [2.75, 3.05) is 0 Å². The molecule has 1 heterocycles. The molecule has 0 radical (unpaired) electrons. The van der Waals surface area contributed by atoms with Crippen molar-refractivity contribution in [3.63, 3.8) is 0 Å². The van der Waals surface area contributed by atoms with E-state index in [1.807, 2.05) is 0 Å². The normalized spacial score (nSPS) is 13.7. The van der Waals surface area contributed by atoms with E-state index in [4.69, 9.17) is 10.00 Å². The van der Waals surface area contributed by atoms with Crippen LogP contribution in [0.15, 0.2) is 41.3 Å². The predicted molar refractivity (Wildman–Crippen MR) is 85.7 cm³/mol. The Balaban J connectivity index is 1.91. The Kier molecular flexibility index (Phi) is 4.67. The van der Waals surface area contributed by atoms with Gasteiger partial charge in [0.15, 0.2) is 0 Å². The number of carbonyl (C=O) groups is 1. The van der Waals surface area contributed by atoms with E-state index in [-0.39, 0.29) is 12.2 Å². The number of halogens is 3. The zero-order valence-electron chi connectivity index (χ0n) is 13.5. The molecule has 0 unspecified atom stereocenters. The topological polar surface area (TPSA) is 96.3 Å². The van der Waals surface area contributed by atoms with Crippen LogP contribution in [0, 0.1) is 11.3 Å². The minimum Gasteiger partial charge on any atom is -0.372 e. The molecule has 10 heteroatoms. The summed E-state index contributed by atoms with van der Waals surface area (Å²) in [7, 11) is -4.57. The first kappa shape index (κ1) is 18.9. The third-order valence-electron chi connectivity index (χ3n) is 3.94.